The predicted molar refractivity (Wildman–Crippen MR) is 103 cm³/mol. The molecule has 0 aromatic carbocycles. The molecular formula is C20H21N3O7. The zero-order chi connectivity index (χ0) is 22.1. The van der Waals surface area contributed by atoms with Crippen molar-refractivity contribution >= 4 is 23.2 Å². The smallest absolute Gasteiger partial charge is 0.255 e. The Labute approximate surface area is 170 Å². The predicted octanol–water partition coefficient (Wildman–Crippen LogP) is -1.05. The van der Waals surface area contributed by atoms with Gasteiger partial charge in [0, 0.05) is 29.4 Å². The number of Topliss-reactive ketones (excluding diaryl/α,β-unsaturated/α-hetero) is 2. The third kappa shape index (κ3) is 2.37. The molecule has 1 saturated carbocycles. The number of aromatic amines is 1. The quantitative estimate of drug-likeness (QED) is 0.380. The second-order valence-corrected chi connectivity index (χ2v) is 8.16. The average Bonchev–Trinajstić information content (AvgIpc) is 2.64. The number of amides is 1. The Morgan fingerprint density at radius 2 is 1.93 bits per heavy atom. The van der Waals surface area contributed by atoms with E-state index in [2.05, 4.69) is 4.98 Å². The third-order valence-corrected chi connectivity index (χ3v) is 6.35. The molecule has 0 radical (unpaired) electrons. The number of nitrogens with zero attached hydrogens (tertiary/aromatic N) is 1. The molecule has 0 aliphatic heterocycles. The molecule has 3 aliphatic rings. The van der Waals surface area contributed by atoms with Crippen molar-refractivity contribution in [3.63, 3.8) is 0 Å². The summed E-state index contributed by atoms with van der Waals surface area (Å²) in [4.78, 5) is 54.8. The van der Waals surface area contributed by atoms with Gasteiger partial charge >= 0.3 is 0 Å². The van der Waals surface area contributed by atoms with E-state index in [9.17, 15) is 34.5 Å². The molecule has 10 heteroatoms. The highest BCUT2D eigenvalue weighted by Crippen LogP contribution is 2.51. The first-order chi connectivity index (χ1) is 14.0. The Hall–Kier alpha value is -3.24. The van der Waals surface area contributed by atoms with E-state index in [0.717, 1.165) is 0 Å². The number of pyridine rings is 1. The van der Waals surface area contributed by atoms with Gasteiger partial charge in [-0.25, -0.2) is 0 Å². The number of rotatable bonds is 2. The molecule has 1 heterocycles. The fraction of sp³-hybridized carbons (Fsp3) is 0.400. The lowest BCUT2D eigenvalue weighted by Crippen LogP contribution is -2.65. The molecule has 0 bridgehead atoms. The number of aromatic nitrogens is 1. The third-order valence-electron chi connectivity index (χ3n) is 6.35. The number of hydrogen-bond acceptors (Lipinski definition) is 8. The molecule has 158 valence electrons. The lowest BCUT2D eigenvalue weighted by molar-refractivity contribution is -0.153. The van der Waals surface area contributed by atoms with Gasteiger partial charge in [-0.15, -0.1) is 0 Å². The zero-order valence-corrected chi connectivity index (χ0v) is 16.3. The van der Waals surface area contributed by atoms with E-state index in [1.54, 1.807) is 14.1 Å². The van der Waals surface area contributed by atoms with Crippen LogP contribution in [-0.4, -0.2) is 68.4 Å². The van der Waals surface area contributed by atoms with Crippen LogP contribution in [-0.2, 0) is 20.8 Å². The average molecular weight is 415 g/mol. The Morgan fingerprint density at radius 3 is 2.53 bits per heavy atom. The fourth-order valence-corrected chi connectivity index (χ4v) is 5.08. The molecule has 2 unspecified atom stereocenters. The monoisotopic (exact) mass is 415 g/mol. The molecule has 1 fully saturated rings. The number of hydrogen-bond donors (Lipinski definition) is 5. The number of aliphatic hydroxyl groups is 3. The zero-order valence-electron chi connectivity index (χ0n) is 16.3. The standard InChI is InChI=1S/C20H21N3O7/c1-23(2)14-8-5-7-6-9-12(10(24)3-4-22-9)15(25)11(7)17(27)20(8,30)18(28)13(16(14)26)19(21)29/h3-4,7-8,14,25,28,30H,5-6H2,1-2H3,(H2,21,29)(H,22,24)/t7?,8?,14-,20-/m0/s1. The highest BCUT2D eigenvalue weighted by atomic mass is 16.3. The number of H-pyrrole nitrogens is 1. The maximum atomic E-state index is 13.4. The van der Waals surface area contributed by atoms with Crippen LogP contribution in [0.25, 0.3) is 5.76 Å². The number of carbonyl (C=O) groups excluding carboxylic acids is 3. The fourth-order valence-electron chi connectivity index (χ4n) is 5.08. The summed E-state index contributed by atoms with van der Waals surface area (Å²) in [6.45, 7) is 0. The molecule has 1 aromatic heterocycles. The largest absolute Gasteiger partial charge is 0.508 e. The summed E-state index contributed by atoms with van der Waals surface area (Å²) in [6, 6.07) is 0.0993. The molecule has 10 nitrogen and oxygen atoms in total. The first-order valence-electron chi connectivity index (χ1n) is 9.37. The van der Waals surface area contributed by atoms with Crippen molar-refractivity contribution < 1.29 is 29.7 Å². The molecular weight excluding hydrogens is 394 g/mol. The van der Waals surface area contributed by atoms with Gasteiger partial charge in [0.25, 0.3) is 5.91 Å². The molecule has 4 atom stereocenters. The van der Waals surface area contributed by atoms with E-state index >= 15 is 0 Å². The molecule has 0 saturated heterocycles. The van der Waals surface area contributed by atoms with Crippen LogP contribution < -0.4 is 11.2 Å². The Kier molecular flexibility index (Phi) is 4.26. The topological polar surface area (TPSA) is 174 Å². The normalized spacial score (nSPS) is 30.9. The Morgan fingerprint density at radius 1 is 1.27 bits per heavy atom. The van der Waals surface area contributed by atoms with Gasteiger partial charge in [0.2, 0.25) is 5.78 Å². The summed E-state index contributed by atoms with van der Waals surface area (Å²) < 4.78 is 0. The van der Waals surface area contributed by atoms with Gasteiger partial charge in [-0.05, 0) is 32.9 Å². The van der Waals surface area contributed by atoms with Crippen LogP contribution >= 0.6 is 0 Å². The van der Waals surface area contributed by atoms with Crippen LogP contribution in [0.3, 0.4) is 0 Å². The SMILES string of the molecule is CN(C)[C@@H]1C(=O)C(C(N)=O)=C(O)[C@@]2(O)C(=O)C3=C(O)c4c([nH]ccc4=O)CC3CC12. The van der Waals surface area contributed by atoms with Crippen LogP contribution in [0.1, 0.15) is 17.7 Å². The Bertz CT molecular complexity index is 1130. The van der Waals surface area contributed by atoms with Gasteiger partial charge in [-0.2, -0.15) is 0 Å². The number of aliphatic hydroxyl groups excluding tert-OH is 2. The maximum absolute atomic E-state index is 13.4. The second kappa shape index (κ2) is 6.38. The van der Waals surface area contributed by atoms with E-state index in [1.807, 2.05) is 0 Å². The molecule has 0 spiro atoms. The van der Waals surface area contributed by atoms with Gasteiger partial charge in [-0.3, -0.25) is 24.1 Å². The van der Waals surface area contributed by atoms with E-state index in [0.29, 0.717) is 5.69 Å². The number of ketones is 2. The van der Waals surface area contributed by atoms with Gasteiger partial charge in [0.15, 0.2) is 16.8 Å². The lowest BCUT2D eigenvalue weighted by Gasteiger charge is -2.50. The number of nitrogens with two attached hydrogens (primary N) is 1. The minimum absolute atomic E-state index is 0.0443. The first kappa shape index (κ1) is 20.0. The highest BCUT2D eigenvalue weighted by Gasteiger charge is 2.64. The van der Waals surface area contributed by atoms with E-state index in [1.165, 1.54) is 17.2 Å². The van der Waals surface area contributed by atoms with E-state index in [-0.39, 0.29) is 24.0 Å². The van der Waals surface area contributed by atoms with Crippen LogP contribution in [0.4, 0.5) is 0 Å². The van der Waals surface area contributed by atoms with Crippen molar-refractivity contribution in [1.29, 1.82) is 0 Å². The van der Waals surface area contributed by atoms with Crippen LogP contribution in [0, 0.1) is 11.8 Å². The molecule has 3 aliphatic carbocycles. The second-order valence-electron chi connectivity index (χ2n) is 8.16. The van der Waals surface area contributed by atoms with Crippen molar-refractivity contribution in [2.45, 2.75) is 24.5 Å². The minimum atomic E-state index is -2.63. The number of nitrogens with one attached hydrogen (secondary N) is 1. The summed E-state index contributed by atoms with van der Waals surface area (Å²) in [6.07, 6.45) is 1.67. The van der Waals surface area contributed by atoms with E-state index in [4.69, 9.17) is 5.73 Å². The highest BCUT2D eigenvalue weighted by molar-refractivity contribution is 6.24. The number of primary amides is 1. The molecule has 1 aromatic rings. The first-order valence-corrected chi connectivity index (χ1v) is 9.37. The van der Waals surface area contributed by atoms with Gasteiger partial charge in [0.1, 0.15) is 17.1 Å². The van der Waals surface area contributed by atoms with Gasteiger partial charge in [-0.1, -0.05) is 0 Å². The number of fused-ring (bicyclic) bond motifs is 3. The molecule has 4 rings (SSSR count). The van der Waals surface area contributed by atoms with Crippen molar-refractivity contribution in [3.05, 3.63) is 50.6 Å². The molecule has 6 N–H and O–H groups in total. The molecule has 1 amide bonds. The summed E-state index contributed by atoms with van der Waals surface area (Å²) in [5.74, 6) is -6.48. The van der Waals surface area contributed by atoms with Crippen LogP contribution in [0.15, 0.2) is 34.0 Å². The number of likely N-dealkylation sites (N-methyl/N-ethyl adjacent to an activating group) is 1. The van der Waals surface area contributed by atoms with Gasteiger partial charge < -0.3 is 26.0 Å². The summed E-state index contributed by atoms with van der Waals surface area (Å²) in [5.41, 5.74) is 1.43. The van der Waals surface area contributed by atoms with Crippen molar-refractivity contribution in [1.82, 2.24) is 9.88 Å². The maximum Gasteiger partial charge on any atom is 0.255 e. The van der Waals surface area contributed by atoms with Gasteiger partial charge in [0.05, 0.1) is 11.6 Å². The number of carbonyl (C=O) groups is 3. The van der Waals surface area contributed by atoms with Crippen molar-refractivity contribution in [3.8, 4) is 0 Å². The summed E-state index contributed by atoms with van der Waals surface area (Å²) in [7, 11) is 3.09. The molecule has 30 heavy (non-hydrogen) atoms. The van der Waals surface area contributed by atoms with E-state index < -0.39 is 63.5 Å². The summed E-state index contributed by atoms with van der Waals surface area (Å²) in [5, 5.41) is 32.8. The summed E-state index contributed by atoms with van der Waals surface area (Å²) >= 11 is 0. The minimum Gasteiger partial charge on any atom is -0.508 e. The Balaban J connectivity index is 1.99. The van der Waals surface area contributed by atoms with Crippen molar-refractivity contribution in [2.24, 2.45) is 17.6 Å². The van der Waals surface area contributed by atoms with Crippen molar-refractivity contribution in [2.75, 3.05) is 14.1 Å². The van der Waals surface area contributed by atoms with Crippen LogP contribution in [0.2, 0.25) is 0 Å². The lowest BCUT2D eigenvalue weighted by atomic mass is 9.58. The van der Waals surface area contributed by atoms with Crippen LogP contribution in [0.5, 0.6) is 0 Å².